The van der Waals surface area contributed by atoms with Gasteiger partial charge in [-0.05, 0) is 55.7 Å². The first-order valence-corrected chi connectivity index (χ1v) is 8.48. The number of hydrazone groups is 1. The minimum absolute atomic E-state index is 0.180. The average molecular weight is 323 g/mol. The molecule has 2 aromatic carbocycles. The van der Waals surface area contributed by atoms with Crippen molar-refractivity contribution >= 4 is 11.4 Å². The van der Waals surface area contributed by atoms with Crippen LogP contribution in [0.3, 0.4) is 0 Å². The Morgan fingerprint density at radius 2 is 1.92 bits per heavy atom. The summed E-state index contributed by atoms with van der Waals surface area (Å²) in [6.45, 7) is 7.45. The number of rotatable bonds is 5. The van der Waals surface area contributed by atoms with Crippen LogP contribution in [-0.4, -0.2) is 18.9 Å². The lowest BCUT2D eigenvalue weighted by Crippen LogP contribution is -2.19. The van der Waals surface area contributed by atoms with Crippen molar-refractivity contribution in [1.82, 2.24) is 0 Å². The van der Waals surface area contributed by atoms with Crippen LogP contribution in [0.25, 0.3) is 0 Å². The Morgan fingerprint density at radius 1 is 1.17 bits per heavy atom. The molecule has 0 saturated heterocycles. The van der Waals surface area contributed by atoms with E-state index < -0.39 is 0 Å². The van der Waals surface area contributed by atoms with Gasteiger partial charge in [0.2, 0.25) is 0 Å². The van der Waals surface area contributed by atoms with Crippen molar-refractivity contribution in [2.45, 2.75) is 33.2 Å². The van der Waals surface area contributed by atoms with Gasteiger partial charge in [0.1, 0.15) is 5.75 Å². The third-order valence-corrected chi connectivity index (χ3v) is 4.61. The quantitative estimate of drug-likeness (QED) is 0.906. The van der Waals surface area contributed by atoms with E-state index >= 15 is 0 Å². The van der Waals surface area contributed by atoms with E-state index in [1.54, 1.807) is 0 Å². The molecule has 24 heavy (non-hydrogen) atoms. The monoisotopic (exact) mass is 323 g/mol. The first-order valence-electron chi connectivity index (χ1n) is 8.48. The van der Waals surface area contributed by atoms with Crippen molar-refractivity contribution in [3.8, 4) is 5.75 Å². The molecule has 0 radical (unpaired) electrons. The summed E-state index contributed by atoms with van der Waals surface area (Å²) < 4.78 is 5.55. The second-order valence-corrected chi connectivity index (χ2v) is 6.16. The molecule has 2 N–H and O–H groups in total. The maximum atomic E-state index is 5.87. The van der Waals surface area contributed by atoms with Gasteiger partial charge in [-0.1, -0.05) is 24.3 Å². The van der Waals surface area contributed by atoms with Crippen LogP contribution in [0, 0.1) is 13.8 Å². The highest BCUT2D eigenvalue weighted by Gasteiger charge is 2.29. The predicted molar refractivity (Wildman–Crippen MR) is 99.9 cm³/mol. The van der Waals surface area contributed by atoms with Crippen LogP contribution in [0.5, 0.6) is 5.75 Å². The van der Waals surface area contributed by atoms with E-state index in [0.29, 0.717) is 13.2 Å². The first kappa shape index (κ1) is 16.5. The van der Waals surface area contributed by atoms with Crippen molar-refractivity contribution in [3.63, 3.8) is 0 Å². The Hall–Kier alpha value is -2.33. The van der Waals surface area contributed by atoms with Crippen molar-refractivity contribution in [1.29, 1.82) is 0 Å². The summed E-state index contributed by atoms with van der Waals surface area (Å²) in [4.78, 5) is 0. The molecule has 3 rings (SSSR count). The van der Waals surface area contributed by atoms with Gasteiger partial charge in [0.25, 0.3) is 0 Å². The lowest BCUT2D eigenvalue weighted by Gasteiger charge is -2.26. The molecule has 126 valence electrons. The molecule has 1 heterocycles. The first-order chi connectivity index (χ1) is 11.6. The molecule has 0 bridgehead atoms. The summed E-state index contributed by atoms with van der Waals surface area (Å²) in [5, 5.41) is 6.91. The number of ether oxygens (including phenoxy) is 1. The average Bonchev–Trinajstić information content (AvgIpc) is 3.02. The predicted octanol–water partition coefficient (Wildman–Crippen LogP) is 3.97. The van der Waals surface area contributed by atoms with E-state index in [-0.39, 0.29) is 6.04 Å². The fourth-order valence-corrected chi connectivity index (χ4v) is 3.11. The molecule has 1 aliphatic heterocycles. The molecule has 1 unspecified atom stereocenters. The van der Waals surface area contributed by atoms with Gasteiger partial charge in [0.05, 0.1) is 24.0 Å². The Morgan fingerprint density at radius 3 is 2.58 bits per heavy atom. The highest BCUT2D eigenvalue weighted by molar-refractivity contribution is 5.90. The van der Waals surface area contributed by atoms with Crippen LogP contribution < -0.4 is 15.5 Å². The molecule has 0 amide bonds. The third-order valence-electron chi connectivity index (χ3n) is 4.61. The zero-order chi connectivity index (χ0) is 17.1. The lowest BCUT2D eigenvalue weighted by molar-refractivity contribution is 0.340. The van der Waals surface area contributed by atoms with Crippen LogP contribution in [-0.2, 0) is 0 Å². The lowest BCUT2D eigenvalue weighted by atomic mass is 10.00. The van der Waals surface area contributed by atoms with Crippen molar-refractivity contribution in [2.75, 3.05) is 18.2 Å². The topological polar surface area (TPSA) is 50.9 Å². The maximum absolute atomic E-state index is 5.87. The summed E-state index contributed by atoms with van der Waals surface area (Å²) in [5.41, 5.74) is 11.8. The highest BCUT2D eigenvalue weighted by Crippen LogP contribution is 2.37. The Balaban J connectivity index is 1.95. The Labute approximate surface area is 143 Å². The standard InChI is InChI=1S/C20H25N3O/c1-4-24-18-10-8-16(9-11-18)20-12-17(13-21)22-23(20)19-7-5-6-14(2)15(19)3/h5-11,20H,4,12-13,21H2,1-3H3. The van der Waals surface area contributed by atoms with E-state index in [2.05, 4.69) is 49.2 Å². The Kier molecular flexibility index (Phi) is 4.86. The van der Waals surface area contributed by atoms with Crippen LogP contribution in [0.15, 0.2) is 47.6 Å². The number of hydrogen-bond donors (Lipinski definition) is 1. The Bertz CT molecular complexity index is 737. The van der Waals surface area contributed by atoms with Gasteiger partial charge < -0.3 is 10.5 Å². The number of anilines is 1. The molecular formula is C20H25N3O. The second-order valence-electron chi connectivity index (χ2n) is 6.16. The van der Waals surface area contributed by atoms with Gasteiger partial charge >= 0.3 is 0 Å². The SMILES string of the molecule is CCOc1ccc(C2CC(CN)=NN2c2cccc(C)c2C)cc1. The minimum Gasteiger partial charge on any atom is -0.494 e. The van der Waals surface area contributed by atoms with Crippen molar-refractivity contribution < 1.29 is 4.74 Å². The third kappa shape index (κ3) is 3.15. The van der Waals surface area contributed by atoms with Gasteiger partial charge in [-0.3, -0.25) is 5.01 Å². The summed E-state index contributed by atoms with van der Waals surface area (Å²) >= 11 is 0. The molecule has 0 aliphatic carbocycles. The normalized spacial score (nSPS) is 17.1. The van der Waals surface area contributed by atoms with Gasteiger partial charge in [0, 0.05) is 13.0 Å². The van der Waals surface area contributed by atoms with Crippen molar-refractivity contribution in [2.24, 2.45) is 10.8 Å². The molecule has 0 aromatic heterocycles. The summed E-state index contributed by atoms with van der Waals surface area (Å²) in [7, 11) is 0. The highest BCUT2D eigenvalue weighted by atomic mass is 16.5. The number of benzene rings is 2. The largest absolute Gasteiger partial charge is 0.494 e. The second kappa shape index (κ2) is 7.05. The van der Waals surface area contributed by atoms with Gasteiger partial charge in [-0.2, -0.15) is 5.10 Å². The maximum Gasteiger partial charge on any atom is 0.119 e. The van der Waals surface area contributed by atoms with E-state index in [1.165, 1.54) is 16.7 Å². The summed E-state index contributed by atoms with van der Waals surface area (Å²) in [5.74, 6) is 0.900. The number of nitrogens with zero attached hydrogens (tertiary/aromatic N) is 2. The van der Waals surface area contributed by atoms with Gasteiger partial charge in [-0.15, -0.1) is 0 Å². The molecule has 0 saturated carbocycles. The zero-order valence-corrected chi connectivity index (χ0v) is 14.6. The molecule has 1 aliphatic rings. The fourth-order valence-electron chi connectivity index (χ4n) is 3.11. The van der Waals surface area contributed by atoms with Gasteiger partial charge in [0.15, 0.2) is 0 Å². The molecule has 0 spiro atoms. The van der Waals surface area contributed by atoms with E-state index in [0.717, 1.165) is 23.6 Å². The minimum atomic E-state index is 0.180. The molecule has 0 fully saturated rings. The smallest absolute Gasteiger partial charge is 0.119 e. The molecule has 4 heteroatoms. The van der Waals surface area contributed by atoms with Crippen molar-refractivity contribution in [3.05, 3.63) is 59.2 Å². The van der Waals surface area contributed by atoms with Crippen LogP contribution in [0.1, 0.15) is 36.1 Å². The fraction of sp³-hybridized carbons (Fsp3) is 0.350. The van der Waals surface area contributed by atoms with Crippen LogP contribution >= 0.6 is 0 Å². The van der Waals surface area contributed by atoms with E-state index in [9.17, 15) is 0 Å². The number of nitrogens with two attached hydrogens (primary N) is 1. The molecule has 2 aromatic rings. The molecule has 4 nitrogen and oxygen atoms in total. The molecular weight excluding hydrogens is 298 g/mol. The van der Waals surface area contributed by atoms with E-state index in [1.807, 2.05) is 19.1 Å². The number of hydrogen-bond acceptors (Lipinski definition) is 4. The van der Waals surface area contributed by atoms with Crippen LogP contribution in [0.4, 0.5) is 5.69 Å². The summed E-state index contributed by atoms with van der Waals surface area (Å²) in [6, 6.07) is 14.8. The van der Waals surface area contributed by atoms with Crippen LogP contribution in [0.2, 0.25) is 0 Å². The molecule has 1 atom stereocenters. The number of aryl methyl sites for hydroxylation is 1. The zero-order valence-electron chi connectivity index (χ0n) is 14.6. The summed E-state index contributed by atoms with van der Waals surface area (Å²) in [6.07, 6.45) is 0.859. The van der Waals surface area contributed by atoms with E-state index in [4.69, 9.17) is 15.6 Å². The van der Waals surface area contributed by atoms with Gasteiger partial charge in [-0.25, -0.2) is 0 Å².